The van der Waals surface area contributed by atoms with Crippen LogP contribution in [0.25, 0.3) is 99.6 Å². The lowest BCUT2D eigenvalue weighted by molar-refractivity contribution is 1.22. The lowest BCUT2D eigenvalue weighted by Gasteiger charge is -2.12. The van der Waals surface area contributed by atoms with Gasteiger partial charge >= 0.3 is 0 Å². The van der Waals surface area contributed by atoms with Crippen molar-refractivity contribution in [2.45, 2.75) is 0 Å². The highest BCUT2D eigenvalue weighted by Crippen LogP contribution is 2.38. The van der Waals surface area contributed by atoms with Gasteiger partial charge in [-0.3, -0.25) is 9.97 Å². The SMILES string of the molecule is c1ccc(-c2cc(-c3ccccn3)nc(-c3ccc(-c4ccc(-c5ccc(-c6ccc7c8ccccc8c8ccccc8c7c6)cc5)cc4)cn3)c2)cc1. The van der Waals surface area contributed by atoms with Gasteiger partial charge in [0.25, 0.3) is 0 Å². The molecule has 3 nitrogen and oxygen atoms in total. The van der Waals surface area contributed by atoms with Crippen LogP contribution in [-0.4, -0.2) is 15.0 Å². The third kappa shape index (κ3) is 5.78. The van der Waals surface area contributed by atoms with E-state index in [4.69, 9.17) is 9.97 Å². The summed E-state index contributed by atoms with van der Waals surface area (Å²) in [5.41, 5.74) is 12.4. The Morgan fingerprint density at radius 2 is 0.685 bits per heavy atom. The van der Waals surface area contributed by atoms with Crippen molar-refractivity contribution in [3.05, 3.63) is 200 Å². The quantitative estimate of drug-likeness (QED) is 0.163. The van der Waals surface area contributed by atoms with Gasteiger partial charge in [0.1, 0.15) is 0 Å². The Kier molecular flexibility index (Phi) is 7.81. The van der Waals surface area contributed by atoms with Crippen LogP contribution in [0.5, 0.6) is 0 Å². The maximum Gasteiger partial charge on any atom is 0.0900 e. The molecule has 0 fully saturated rings. The van der Waals surface area contributed by atoms with Crippen molar-refractivity contribution >= 4 is 32.3 Å². The monoisotopic (exact) mass is 687 g/mol. The number of pyridine rings is 3. The van der Waals surface area contributed by atoms with E-state index in [2.05, 4.69) is 169 Å². The first kappa shape index (κ1) is 31.5. The minimum Gasteiger partial charge on any atom is -0.255 e. The summed E-state index contributed by atoms with van der Waals surface area (Å²) in [5, 5.41) is 7.76. The van der Waals surface area contributed by atoms with E-state index in [1.54, 1.807) is 6.20 Å². The zero-order valence-electron chi connectivity index (χ0n) is 29.4. The first-order valence-electron chi connectivity index (χ1n) is 18.2. The first-order valence-corrected chi connectivity index (χ1v) is 18.2. The van der Waals surface area contributed by atoms with Gasteiger partial charge in [0.2, 0.25) is 0 Å². The van der Waals surface area contributed by atoms with Gasteiger partial charge in [0.05, 0.1) is 22.8 Å². The molecule has 0 aliphatic rings. The molecule has 0 atom stereocenters. The number of fused-ring (bicyclic) bond motifs is 6. The molecule has 10 aromatic rings. The summed E-state index contributed by atoms with van der Waals surface area (Å²) in [6.07, 6.45) is 3.74. The lowest BCUT2D eigenvalue weighted by Crippen LogP contribution is -1.94. The molecule has 252 valence electrons. The highest BCUT2D eigenvalue weighted by Gasteiger charge is 2.12. The second kappa shape index (κ2) is 13.4. The van der Waals surface area contributed by atoms with Crippen molar-refractivity contribution < 1.29 is 0 Å². The molecule has 0 N–H and O–H groups in total. The first-order chi connectivity index (χ1) is 26.7. The van der Waals surface area contributed by atoms with Crippen LogP contribution in [-0.2, 0) is 0 Å². The van der Waals surface area contributed by atoms with Crippen molar-refractivity contribution in [3.63, 3.8) is 0 Å². The molecular weight excluding hydrogens is 655 g/mol. The summed E-state index contributed by atoms with van der Waals surface area (Å²) in [4.78, 5) is 14.4. The Balaban J connectivity index is 0.914. The van der Waals surface area contributed by atoms with Gasteiger partial charge in [0.15, 0.2) is 0 Å². The molecule has 3 heterocycles. The maximum atomic E-state index is 4.98. The number of nitrogens with zero attached hydrogens (tertiary/aromatic N) is 3. The molecule has 0 unspecified atom stereocenters. The van der Waals surface area contributed by atoms with Crippen molar-refractivity contribution in [1.29, 1.82) is 0 Å². The zero-order chi connectivity index (χ0) is 35.8. The Morgan fingerprint density at radius 3 is 1.24 bits per heavy atom. The van der Waals surface area contributed by atoms with Gasteiger partial charge in [-0.1, -0.05) is 152 Å². The second-order valence-electron chi connectivity index (χ2n) is 13.6. The van der Waals surface area contributed by atoms with E-state index in [0.717, 1.165) is 45.0 Å². The van der Waals surface area contributed by atoms with Gasteiger partial charge in [-0.2, -0.15) is 0 Å². The number of hydrogen-bond acceptors (Lipinski definition) is 3. The molecule has 0 bridgehead atoms. The van der Waals surface area contributed by atoms with E-state index >= 15 is 0 Å². The van der Waals surface area contributed by atoms with E-state index < -0.39 is 0 Å². The lowest BCUT2D eigenvalue weighted by atomic mass is 9.92. The molecule has 10 rings (SSSR count). The fourth-order valence-electron chi connectivity index (χ4n) is 7.62. The molecule has 3 heteroatoms. The summed E-state index contributed by atoms with van der Waals surface area (Å²) in [5.74, 6) is 0. The average Bonchev–Trinajstić information content (AvgIpc) is 3.27. The van der Waals surface area contributed by atoms with E-state index in [-0.39, 0.29) is 0 Å². The van der Waals surface area contributed by atoms with Gasteiger partial charge in [-0.05, 0) is 108 Å². The highest BCUT2D eigenvalue weighted by atomic mass is 14.8. The van der Waals surface area contributed by atoms with Crippen LogP contribution in [0.1, 0.15) is 0 Å². The molecule has 0 radical (unpaired) electrons. The second-order valence-corrected chi connectivity index (χ2v) is 13.6. The molecular formula is C51H33N3. The topological polar surface area (TPSA) is 38.7 Å². The number of rotatable bonds is 6. The molecule has 0 saturated carbocycles. The number of hydrogen-bond donors (Lipinski definition) is 0. The van der Waals surface area contributed by atoms with Crippen molar-refractivity contribution in [2.75, 3.05) is 0 Å². The van der Waals surface area contributed by atoms with Crippen LogP contribution in [0.2, 0.25) is 0 Å². The van der Waals surface area contributed by atoms with Crippen LogP contribution in [0, 0.1) is 0 Å². The van der Waals surface area contributed by atoms with Gasteiger partial charge in [-0.25, -0.2) is 4.98 Å². The van der Waals surface area contributed by atoms with Crippen LogP contribution >= 0.6 is 0 Å². The normalized spacial score (nSPS) is 11.3. The molecule has 54 heavy (non-hydrogen) atoms. The van der Waals surface area contributed by atoms with Gasteiger partial charge in [0, 0.05) is 18.0 Å². The summed E-state index contributed by atoms with van der Waals surface area (Å²) in [7, 11) is 0. The van der Waals surface area contributed by atoms with Gasteiger partial charge < -0.3 is 0 Å². The van der Waals surface area contributed by atoms with Crippen LogP contribution in [0.15, 0.2) is 200 Å². The van der Waals surface area contributed by atoms with E-state index in [1.807, 2.05) is 30.5 Å². The number of aromatic nitrogens is 3. The molecule has 0 aliphatic carbocycles. The van der Waals surface area contributed by atoms with E-state index in [9.17, 15) is 0 Å². The van der Waals surface area contributed by atoms with Crippen molar-refractivity contribution in [1.82, 2.24) is 15.0 Å². The molecule has 3 aromatic heterocycles. The van der Waals surface area contributed by atoms with Crippen LogP contribution in [0.3, 0.4) is 0 Å². The predicted molar refractivity (Wildman–Crippen MR) is 225 cm³/mol. The minimum atomic E-state index is 0.813. The summed E-state index contributed by atoms with van der Waals surface area (Å²) in [6.45, 7) is 0. The maximum absolute atomic E-state index is 4.98. The zero-order valence-corrected chi connectivity index (χ0v) is 29.4. The molecule has 0 aliphatic heterocycles. The summed E-state index contributed by atoms with van der Waals surface area (Å²) in [6, 6.07) is 66.6. The summed E-state index contributed by atoms with van der Waals surface area (Å²) >= 11 is 0. The third-order valence-electron chi connectivity index (χ3n) is 10.4. The largest absolute Gasteiger partial charge is 0.255 e. The fourth-order valence-corrected chi connectivity index (χ4v) is 7.62. The van der Waals surface area contributed by atoms with E-state index in [0.29, 0.717) is 0 Å². The van der Waals surface area contributed by atoms with Crippen molar-refractivity contribution in [2.24, 2.45) is 0 Å². The Hall–Kier alpha value is -7.23. The van der Waals surface area contributed by atoms with E-state index in [1.165, 1.54) is 54.6 Å². The molecule has 0 spiro atoms. The standard InChI is InChI=1S/C51H33N3/c1-2-10-34(11-3-1)41-31-50(48-16-8-9-29-52-48)54-51(32-41)49-28-26-40(33-53-49)38-23-19-36(20-24-38)35-17-21-37(22-18-35)39-25-27-46-44-14-5-4-12-42(44)43-13-6-7-15-45(43)47(46)30-39/h1-33H. The predicted octanol–water partition coefficient (Wildman–Crippen LogP) is 13.3. The third-order valence-corrected chi connectivity index (χ3v) is 10.4. The Bertz CT molecular complexity index is 2840. The Morgan fingerprint density at radius 1 is 0.241 bits per heavy atom. The van der Waals surface area contributed by atoms with Crippen LogP contribution < -0.4 is 0 Å². The fraction of sp³-hybridized carbons (Fsp3) is 0. The Labute approximate surface area is 313 Å². The highest BCUT2D eigenvalue weighted by molar-refractivity contribution is 6.25. The smallest absolute Gasteiger partial charge is 0.0900 e. The molecule has 7 aromatic carbocycles. The average molecular weight is 688 g/mol. The molecule has 0 amide bonds. The van der Waals surface area contributed by atoms with Crippen LogP contribution in [0.4, 0.5) is 0 Å². The minimum absolute atomic E-state index is 0.813. The summed E-state index contributed by atoms with van der Waals surface area (Å²) < 4.78 is 0. The molecule has 0 saturated heterocycles. The van der Waals surface area contributed by atoms with Crippen molar-refractivity contribution in [3.8, 4) is 67.3 Å². The van der Waals surface area contributed by atoms with Gasteiger partial charge in [-0.15, -0.1) is 0 Å². The number of benzene rings is 7.